The van der Waals surface area contributed by atoms with E-state index in [0.717, 1.165) is 31.1 Å². The van der Waals surface area contributed by atoms with Gasteiger partial charge in [0.2, 0.25) is 6.79 Å². The summed E-state index contributed by atoms with van der Waals surface area (Å²) in [6.07, 6.45) is 2.27. The van der Waals surface area contributed by atoms with Crippen LogP contribution in [-0.2, 0) is 19.6 Å². The fraction of sp³-hybridized carbons (Fsp3) is 0.167. The SMILES string of the molecule is c1ccc(Cn2cc(CNCc3ccc4c(c3)OCO4)c3ccccc32)cc1. The fourth-order valence-electron chi connectivity index (χ4n) is 3.77. The van der Waals surface area contributed by atoms with Crippen LogP contribution in [0.25, 0.3) is 10.9 Å². The molecule has 1 aliphatic heterocycles. The van der Waals surface area contributed by atoms with Crippen molar-refractivity contribution >= 4 is 10.9 Å². The van der Waals surface area contributed by atoms with E-state index in [-0.39, 0.29) is 0 Å². The van der Waals surface area contributed by atoms with Crippen LogP contribution in [0.2, 0.25) is 0 Å². The Bertz CT molecular complexity index is 1100. The molecule has 0 spiro atoms. The van der Waals surface area contributed by atoms with E-state index in [1.165, 1.54) is 27.6 Å². The molecule has 4 nitrogen and oxygen atoms in total. The number of nitrogens with one attached hydrogen (secondary N) is 1. The minimum absolute atomic E-state index is 0.313. The maximum atomic E-state index is 5.47. The lowest BCUT2D eigenvalue weighted by Gasteiger charge is -2.06. The number of ether oxygens (including phenoxy) is 2. The van der Waals surface area contributed by atoms with E-state index in [1.807, 2.05) is 12.1 Å². The van der Waals surface area contributed by atoms with E-state index >= 15 is 0 Å². The van der Waals surface area contributed by atoms with E-state index in [4.69, 9.17) is 9.47 Å². The minimum Gasteiger partial charge on any atom is -0.454 e. The zero-order valence-electron chi connectivity index (χ0n) is 15.6. The highest BCUT2D eigenvalue weighted by atomic mass is 16.7. The summed E-state index contributed by atoms with van der Waals surface area (Å²) in [5, 5.41) is 4.87. The topological polar surface area (TPSA) is 35.4 Å². The van der Waals surface area contributed by atoms with Crippen LogP contribution in [0.5, 0.6) is 11.5 Å². The Balaban J connectivity index is 1.33. The molecule has 4 heteroatoms. The van der Waals surface area contributed by atoms with Gasteiger partial charge in [-0.3, -0.25) is 0 Å². The van der Waals surface area contributed by atoms with Gasteiger partial charge < -0.3 is 19.4 Å². The lowest BCUT2D eigenvalue weighted by molar-refractivity contribution is 0.174. The largest absolute Gasteiger partial charge is 0.454 e. The van der Waals surface area contributed by atoms with E-state index in [2.05, 4.69) is 76.7 Å². The number of nitrogens with zero attached hydrogens (tertiary/aromatic N) is 1. The molecule has 0 saturated heterocycles. The molecule has 0 atom stereocenters. The summed E-state index contributed by atoms with van der Waals surface area (Å²) in [6.45, 7) is 2.79. The molecule has 0 amide bonds. The van der Waals surface area contributed by atoms with E-state index in [0.29, 0.717) is 6.79 Å². The predicted molar refractivity (Wildman–Crippen MR) is 111 cm³/mol. The molecule has 28 heavy (non-hydrogen) atoms. The molecule has 140 valence electrons. The van der Waals surface area contributed by atoms with Gasteiger partial charge in [0, 0.05) is 36.7 Å². The zero-order chi connectivity index (χ0) is 18.8. The van der Waals surface area contributed by atoms with Gasteiger partial charge in [-0.25, -0.2) is 0 Å². The van der Waals surface area contributed by atoms with E-state index in [9.17, 15) is 0 Å². The first-order valence-electron chi connectivity index (χ1n) is 9.57. The molecular formula is C24H22N2O2. The highest BCUT2D eigenvalue weighted by Gasteiger charge is 2.13. The third-order valence-electron chi connectivity index (χ3n) is 5.15. The first-order valence-corrected chi connectivity index (χ1v) is 9.57. The van der Waals surface area contributed by atoms with Crippen molar-refractivity contribution < 1.29 is 9.47 Å². The highest BCUT2D eigenvalue weighted by molar-refractivity contribution is 5.84. The van der Waals surface area contributed by atoms with Crippen molar-refractivity contribution in [2.24, 2.45) is 0 Å². The van der Waals surface area contributed by atoms with Crippen LogP contribution in [0.3, 0.4) is 0 Å². The molecule has 0 fully saturated rings. The number of hydrogen-bond donors (Lipinski definition) is 1. The summed E-state index contributed by atoms with van der Waals surface area (Å²) < 4.78 is 13.2. The quantitative estimate of drug-likeness (QED) is 0.534. The second-order valence-electron chi connectivity index (χ2n) is 7.08. The molecule has 2 heterocycles. The lowest BCUT2D eigenvalue weighted by atomic mass is 10.1. The average Bonchev–Trinajstić information content (AvgIpc) is 3.34. The fourth-order valence-corrected chi connectivity index (χ4v) is 3.77. The second kappa shape index (κ2) is 7.41. The molecule has 1 N–H and O–H groups in total. The number of hydrogen-bond acceptors (Lipinski definition) is 3. The third-order valence-corrected chi connectivity index (χ3v) is 5.15. The van der Waals surface area contributed by atoms with Crippen LogP contribution in [0.1, 0.15) is 16.7 Å². The van der Waals surface area contributed by atoms with Crippen LogP contribution in [0.15, 0.2) is 79.0 Å². The Kier molecular flexibility index (Phi) is 4.47. The first-order chi connectivity index (χ1) is 13.9. The summed E-state index contributed by atoms with van der Waals surface area (Å²) in [6, 6.07) is 25.3. The summed E-state index contributed by atoms with van der Waals surface area (Å²) in [4.78, 5) is 0. The van der Waals surface area contributed by atoms with Gasteiger partial charge in [0.15, 0.2) is 11.5 Å². The summed E-state index contributed by atoms with van der Waals surface area (Å²) in [5.74, 6) is 1.66. The predicted octanol–water partition coefficient (Wildman–Crippen LogP) is 4.71. The van der Waals surface area contributed by atoms with Gasteiger partial charge in [-0.05, 0) is 34.9 Å². The van der Waals surface area contributed by atoms with Crippen molar-refractivity contribution in [3.63, 3.8) is 0 Å². The van der Waals surface area contributed by atoms with E-state index < -0.39 is 0 Å². The van der Waals surface area contributed by atoms with Gasteiger partial charge >= 0.3 is 0 Å². The van der Waals surface area contributed by atoms with Crippen LogP contribution >= 0.6 is 0 Å². The molecule has 0 radical (unpaired) electrons. The molecule has 4 aromatic rings. The maximum absolute atomic E-state index is 5.47. The lowest BCUT2D eigenvalue weighted by Crippen LogP contribution is -2.12. The molecule has 1 aromatic heterocycles. The molecule has 3 aromatic carbocycles. The molecule has 0 saturated carbocycles. The van der Waals surface area contributed by atoms with Gasteiger partial charge in [0.25, 0.3) is 0 Å². The highest BCUT2D eigenvalue weighted by Crippen LogP contribution is 2.32. The maximum Gasteiger partial charge on any atom is 0.231 e. The number of fused-ring (bicyclic) bond motifs is 2. The standard InChI is InChI=1S/C24H22N2O2/c1-2-6-18(7-3-1)15-26-16-20(21-8-4-5-9-22(21)26)14-25-13-19-10-11-23-24(12-19)28-17-27-23/h1-12,16,25H,13-15,17H2. The van der Waals surface area contributed by atoms with Crippen LogP contribution in [0.4, 0.5) is 0 Å². The van der Waals surface area contributed by atoms with Gasteiger partial charge in [0.1, 0.15) is 0 Å². The molecule has 0 aliphatic carbocycles. The zero-order valence-corrected chi connectivity index (χ0v) is 15.6. The van der Waals surface area contributed by atoms with Crippen molar-refractivity contribution in [1.29, 1.82) is 0 Å². The second-order valence-corrected chi connectivity index (χ2v) is 7.08. The van der Waals surface area contributed by atoms with Crippen molar-refractivity contribution in [3.8, 4) is 11.5 Å². The molecule has 0 unspecified atom stereocenters. The Morgan fingerprint density at radius 1 is 0.786 bits per heavy atom. The van der Waals surface area contributed by atoms with Crippen molar-refractivity contribution in [2.75, 3.05) is 6.79 Å². The van der Waals surface area contributed by atoms with Crippen LogP contribution in [0, 0.1) is 0 Å². The van der Waals surface area contributed by atoms with Crippen molar-refractivity contribution in [2.45, 2.75) is 19.6 Å². The molecule has 5 rings (SSSR count). The Hall–Kier alpha value is -3.24. The first kappa shape index (κ1) is 16.9. The van der Waals surface area contributed by atoms with Gasteiger partial charge in [-0.1, -0.05) is 54.6 Å². The average molecular weight is 370 g/mol. The number of benzene rings is 3. The van der Waals surface area contributed by atoms with Crippen LogP contribution < -0.4 is 14.8 Å². The van der Waals surface area contributed by atoms with Gasteiger partial charge in [-0.2, -0.15) is 0 Å². The Labute approximate surface area is 164 Å². The van der Waals surface area contributed by atoms with E-state index in [1.54, 1.807) is 0 Å². The number of para-hydroxylation sites is 1. The van der Waals surface area contributed by atoms with Gasteiger partial charge in [-0.15, -0.1) is 0 Å². The van der Waals surface area contributed by atoms with Crippen LogP contribution in [-0.4, -0.2) is 11.4 Å². The summed E-state index contributed by atoms with van der Waals surface area (Å²) in [5.41, 5.74) is 5.08. The Morgan fingerprint density at radius 2 is 1.61 bits per heavy atom. The number of aromatic nitrogens is 1. The monoisotopic (exact) mass is 370 g/mol. The van der Waals surface area contributed by atoms with Gasteiger partial charge in [0.05, 0.1) is 0 Å². The minimum atomic E-state index is 0.313. The van der Waals surface area contributed by atoms with Crippen molar-refractivity contribution in [1.82, 2.24) is 9.88 Å². The normalized spacial score (nSPS) is 12.6. The summed E-state index contributed by atoms with van der Waals surface area (Å²) in [7, 11) is 0. The number of rotatable bonds is 6. The summed E-state index contributed by atoms with van der Waals surface area (Å²) >= 11 is 0. The molecule has 1 aliphatic rings. The smallest absolute Gasteiger partial charge is 0.231 e. The Morgan fingerprint density at radius 3 is 2.54 bits per heavy atom. The third kappa shape index (κ3) is 3.35. The molecule has 0 bridgehead atoms. The van der Waals surface area contributed by atoms with Crippen molar-refractivity contribution in [3.05, 3.63) is 95.7 Å². The molecular weight excluding hydrogens is 348 g/mol.